The van der Waals surface area contributed by atoms with Gasteiger partial charge in [-0.2, -0.15) is 13.2 Å². The van der Waals surface area contributed by atoms with Gasteiger partial charge in [-0.1, -0.05) is 49.7 Å². The number of carboxylic acids is 1. The first kappa shape index (κ1) is 47.8. The number of Topliss-reactive ketones (excluding diaryl/α,β-unsaturated/α-hetero) is 1. The highest BCUT2D eigenvalue weighted by molar-refractivity contribution is 9.10. The van der Waals surface area contributed by atoms with Crippen LogP contribution >= 0.6 is 15.9 Å². The van der Waals surface area contributed by atoms with Crippen LogP contribution in [0.15, 0.2) is 64.4 Å². The summed E-state index contributed by atoms with van der Waals surface area (Å²) in [4.78, 5) is 82.0. The SMILES string of the molecule is C=CCNc1nc2c(c(=O)n1-c1ccc(C(=O)N(C)C(=O)OCCC(=O)C(O)C(O)C(=O)O)cc1)C[C@@H](C)N(C(=O)c1ccc(Br)c(C(F)(F)F)c1)C2.CC.CC. The summed E-state index contributed by atoms with van der Waals surface area (Å²) in [7, 11) is 1.10. The molecule has 3 amide bonds. The highest BCUT2D eigenvalue weighted by Crippen LogP contribution is 2.36. The number of hydrogen-bond acceptors (Lipinski definition) is 11. The second-order valence-corrected chi connectivity index (χ2v) is 12.7. The number of aliphatic carboxylic acids is 1. The minimum absolute atomic E-state index is 0.00625. The number of anilines is 1. The van der Waals surface area contributed by atoms with E-state index in [2.05, 4.69) is 32.8 Å². The summed E-state index contributed by atoms with van der Waals surface area (Å²) < 4.78 is 46.5. The fourth-order valence-corrected chi connectivity index (χ4v) is 5.79. The van der Waals surface area contributed by atoms with Gasteiger partial charge in [-0.3, -0.25) is 19.2 Å². The van der Waals surface area contributed by atoms with Crippen LogP contribution in [0.1, 0.15) is 78.6 Å². The number of fused-ring (bicyclic) bond motifs is 1. The summed E-state index contributed by atoms with van der Waals surface area (Å²) in [6.07, 6.45) is -9.57. The molecular formula is C38H45BrF3N5O10. The zero-order chi connectivity index (χ0) is 43.4. The number of carbonyl (C=O) groups excluding carboxylic acids is 4. The number of aliphatic hydroxyl groups is 2. The van der Waals surface area contributed by atoms with Crippen LogP contribution in [0.25, 0.3) is 5.69 Å². The number of carbonyl (C=O) groups is 5. The molecule has 1 aromatic heterocycles. The van der Waals surface area contributed by atoms with Gasteiger partial charge in [0.25, 0.3) is 17.4 Å². The van der Waals surface area contributed by atoms with Crippen LogP contribution in [-0.4, -0.2) is 103 Å². The van der Waals surface area contributed by atoms with E-state index in [1.807, 2.05) is 27.7 Å². The van der Waals surface area contributed by atoms with E-state index in [4.69, 9.17) is 9.84 Å². The zero-order valence-electron chi connectivity index (χ0n) is 32.1. The summed E-state index contributed by atoms with van der Waals surface area (Å²) in [6.45, 7) is 12.7. The van der Waals surface area contributed by atoms with Gasteiger partial charge in [0.15, 0.2) is 11.9 Å². The number of amides is 3. The summed E-state index contributed by atoms with van der Waals surface area (Å²) in [5, 5.41) is 30.5. The standard InChI is InChI=1S/C34H33BrF3N5O10.2C2H6/c1-4-12-39-32-40-24-16-42(29(48)19-7-10-23(35)22(15-19)34(36,37)38)17(2)14-21(24)30(49)43(32)20-8-5-18(6-9-20)28(47)41(3)33(52)53-13-11-25(44)26(45)27(46)31(50)51;2*1-2/h4-10,15,17,26-27,45-46H,1,11-14,16H2,2-3H3,(H,39,40)(H,50,51);2*1-2H3/t17-,26?,27?;;/m1../s1. The third-order valence-corrected chi connectivity index (χ3v) is 8.90. The molecule has 4 rings (SSSR count). The number of carboxylic acid groups (broad SMARTS) is 1. The Morgan fingerprint density at radius 3 is 2.21 bits per heavy atom. The minimum Gasteiger partial charge on any atom is -0.479 e. The zero-order valence-corrected chi connectivity index (χ0v) is 33.7. The lowest BCUT2D eigenvalue weighted by atomic mass is 9.98. The van der Waals surface area contributed by atoms with Crippen LogP contribution in [0, 0.1) is 0 Å². The molecule has 0 fully saturated rings. The quantitative estimate of drug-likeness (QED) is 0.173. The van der Waals surface area contributed by atoms with Gasteiger partial charge in [0.05, 0.1) is 23.5 Å². The van der Waals surface area contributed by atoms with E-state index in [0.29, 0.717) is 4.90 Å². The van der Waals surface area contributed by atoms with Crippen molar-refractivity contribution in [1.29, 1.82) is 0 Å². The van der Waals surface area contributed by atoms with Crippen molar-refractivity contribution in [2.24, 2.45) is 0 Å². The Labute approximate surface area is 334 Å². The molecule has 3 aromatic rings. The van der Waals surface area contributed by atoms with Crippen LogP contribution < -0.4 is 10.9 Å². The van der Waals surface area contributed by atoms with Crippen molar-refractivity contribution in [2.75, 3.05) is 25.5 Å². The Morgan fingerprint density at radius 2 is 1.65 bits per heavy atom. The van der Waals surface area contributed by atoms with E-state index < -0.39 is 78.2 Å². The molecule has 1 aliphatic rings. The maximum atomic E-state index is 14.0. The second-order valence-electron chi connectivity index (χ2n) is 11.8. The topological polar surface area (TPSA) is 209 Å². The lowest BCUT2D eigenvalue weighted by Gasteiger charge is -2.34. The van der Waals surface area contributed by atoms with Gasteiger partial charge in [0, 0.05) is 47.2 Å². The molecule has 3 atom stereocenters. The average Bonchev–Trinajstić information content (AvgIpc) is 3.19. The Balaban J connectivity index is 0.00000271. The Hall–Kier alpha value is -5.40. The van der Waals surface area contributed by atoms with Crippen molar-refractivity contribution >= 4 is 51.5 Å². The van der Waals surface area contributed by atoms with E-state index in [-0.39, 0.29) is 58.0 Å². The molecule has 2 heterocycles. The van der Waals surface area contributed by atoms with Crippen LogP contribution in [0.5, 0.6) is 0 Å². The molecule has 15 nitrogen and oxygen atoms in total. The Bertz CT molecular complexity index is 2010. The maximum Gasteiger partial charge on any atom is 0.417 e. The Kier molecular flexibility index (Phi) is 17.8. The summed E-state index contributed by atoms with van der Waals surface area (Å²) in [5.74, 6) is -4.38. The number of aliphatic hydroxyl groups excluding tert-OH is 2. The number of halogens is 4. The van der Waals surface area contributed by atoms with Gasteiger partial charge in [0.2, 0.25) is 5.95 Å². The maximum absolute atomic E-state index is 14.0. The molecule has 4 N–H and O–H groups in total. The van der Waals surface area contributed by atoms with E-state index >= 15 is 0 Å². The average molecular weight is 869 g/mol. The predicted molar refractivity (Wildman–Crippen MR) is 206 cm³/mol. The number of aromatic nitrogens is 2. The molecule has 2 unspecified atom stereocenters. The molecule has 310 valence electrons. The number of alkyl halides is 3. The van der Waals surface area contributed by atoms with Crippen LogP contribution in [-0.2, 0) is 33.5 Å². The van der Waals surface area contributed by atoms with Crippen LogP contribution in [0.4, 0.5) is 23.9 Å². The lowest BCUT2D eigenvalue weighted by molar-refractivity contribution is -0.157. The third-order valence-electron chi connectivity index (χ3n) is 8.20. The number of nitrogens with zero attached hydrogens (tertiary/aromatic N) is 4. The van der Waals surface area contributed by atoms with Crippen molar-refractivity contribution in [3.63, 3.8) is 0 Å². The van der Waals surface area contributed by atoms with Gasteiger partial charge >= 0.3 is 18.2 Å². The van der Waals surface area contributed by atoms with Crippen LogP contribution in [0.3, 0.4) is 0 Å². The minimum atomic E-state index is -4.70. The van der Waals surface area contributed by atoms with Gasteiger partial charge in [-0.25, -0.2) is 24.0 Å². The van der Waals surface area contributed by atoms with Crippen molar-refractivity contribution < 1.29 is 57.2 Å². The molecule has 0 spiro atoms. The molecule has 19 heteroatoms. The number of nitrogens with one attached hydrogen (secondary N) is 1. The molecule has 1 aliphatic heterocycles. The molecule has 0 aliphatic carbocycles. The molecule has 2 aromatic carbocycles. The fourth-order valence-electron chi connectivity index (χ4n) is 5.32. The molecule has 57 heavy (non-hydrogen) atoms. The molecular weight excluding hydrogens is 823 g/mol. The highest BCUT2D eigenvalue weighted by Gasteiger charge is 2.36. The number of hydrogen-bond donors (Lipinski definition) is 4. The van der Waals surface area contributed by atoms with Crippen molar-refractivity contribution in [3.05, 3.63) is 97.9 Å². The number of imide groups is 1. The highest BCUT2D eigenvalue weighted by atomic mass is 79.9. The van der Waals surface area contributed by atoms with Gasteiger partial charge in [-0.05, 0) is 55.8 Å². The first-order chi connectivity index (χ1) is 26.9. The monoisotopic (exact) mass is 867 g/mol. The van der Waals surface area contributed by atoms with E-state index in [1.54, 1.807) is 6.92 Å². The smallest absolute Gasteiger partial charge is 0.417 e. The van der Waals surface area contributed by atoms with Gasteiger partial charge in [0.1, 0.15) is 12.7 Å². The normalized spacial score (nSPS) is 14.2. The first-order valence-electron chi connectivity index (χ1n) is 17.7. The molecule has 0 bridgehead atoms. The largest absolute Gasteiger partial charge is 0.479 e. The van der Waals surface area contributed by atoms with Crippen molar-refractivity contribution in [3.8, 4) is 5.69 Å². The summed E-state index contributed by atoms with van der Waals surface area (Å²) in [5.41, 5.74) is -0.937. The molecule has 0 radical (unpaired) electrons. The fraction of sp³-hybridized carbons (Fsp3) is 0.395. The number of ketones is 1. The van der Waals surface area contributed by atoms with E-state index in [9.17, 15) is 52.2 Å². The lowest BCUT2D eigenvalue weighted by Crippen LogP contribution is -2.46. The Morgan fingerprint density at radius 1 is 1.05 bits per heavy atom. The number of benzene rings is 2. The molecule has 0 saturated heterocycles. The van der Waals surface area contributed by atoms with Crippen molar-refractivity contribution in [2.45, 2.75) is 78.4 Å². The summed E-state index contributed by atoms with van der Waals surface area (Å²) >= 11 is 2.87. The van der Waals surface area contributed by atoms with E-state index in [1.165, 1.54) is 45.9 Å². The first-order valence-corrected chi connectivity index (χ1v) is 18.5. The summed E-state index contributed by atoms with van der Waals surface area (Å²) in [6, 6.07) is 8.08. The van der Waals surface area contributed by atoms with Gasteiger partial charge in [-0.15, -0.1) is 6.58 Å². The predicted octanol–water partition coefficient (Wildman–Crippen LogP) is 5.23. The number of ether oxygens (including phenoxy) is 1. The van der Waals surface area contributed by atoms with Crippen LogP contribution in [0.2, 0.25) is 0 Å². The second kappa shape index (κ2) is 21.2. The van der Waals surface area contributed by atoms with Crippen molar-refractivity contribution in [1.82, 2.24) is 19.4 Å². The molecule has 0 saturated carbocycles. The van der Waals surface area contributed by atoms with Gasteiger partial charge < -0.3 is 30.3 Å². The van der Waals surface area contributed by atoms with E-state index in [0.717, 1.165) is 19.2 Å². The number of rotatable bonds is 12. The third kappa shape index (κ3) is 11.6.